The Balaban J connectivity index is 2.34. The first kappa shape index (κ1) is 9.83. The summed E-state index contributed by atoms with van der Waals surface area (Å²) in [5, 5.41) is 4.21. The van der Waals surface area contributed by atoms with Crippen LogP contribution in [0.5, 0.6) is 11.5 Å². The number of rotatable bonds is 3. The number of hydrazone groups is 1. The van der Waals surface area contributed by atoms with E-state index in [1.54, 1.807) is 14.2 Å². The molecule has 0 spiro atoms. The third-order valence-electron chi connectivity index (χ3n) is 2.40. The van der Waals surface area contributed by atoms with E-state index in [1.165, 1.54) is 0 Å². The minimum absolute atomic E-state index is 0.740. The van der Waals surface area contributed by atoms with Crippen LogP contribution in [-0.4, -0.2) is 26.5 Å². The summed E-state index contributed by atoms with van der Waals surface area (Å²) in [5.41, 5.74) is 5.10. The highest BCUT2D eigenvalue weighted by Gasteiger charge is 2.11. The fourth-order valence-electron chi connectivity index (χ4n) is 1.61. The Labute approximate surface area is 88.9 Å². The fourth-order valence-corrected chi connectivity index (χ4v) is 1.61. The van der Waals surface area contributed by atoms with E-state index in [9.17, 15) is 0 Å². The van der Waals surface area contributed by atoms with E-state index >= 15 is 0 Å². The fraction of sp³-hybridized carbons (Fsp3) is 0.364. The van der Waals surface area contributed by atoms with Crippen LogP contribution in [0, 0.1) is 0 Å². The summed E-state index contributed by atoms with van der Waals surface area (Å²) in [4.78, 5) is 0. The number of nitrogens with zero attached hydrogens (tertiary/aromatic N) is 1. The SMILES string of the molecule is COc1ccc(C2=NNCC2)cc1OC. The second kappa shape index (κ2) is 4.21. The average Bonchev–Trinajstić information content (AvgIpc) is 2.81. The summed E-state index contributed by atoms with van der Waals surface area (Å²) in [6, 6.07) is 5.84. The molecule has 1 aromatic rings. The molecule has 1 N–H and O–H groups in total. The van der Waals surface area contributed by atoms with Crippen molar-refractivity contribution >= 4 is 5.71 Å². The minimum atomic E-state index is 0.740. The highest BCUT2D eigenvalue weighted by Crippen LogP contribution is 2.28. The number of benzene rings is 1. The van der Waals surface area contributed by atoms with E-state index in [0.717, 1.165) is 35.7 Å². The van der Waals surface area contributed by atoms with Crippen molar-refractivity contribution in [1.82, 2.24) is 5.43 Å². The first-order valence-corrected chi connectivity index (χ1v) is 4.87. The van der Waals surface area contributed by atoms with E-state index < -0.39 is 0 Å². The van der Waals surface area contributed by atoms with Crippen molar-refractivity contribution in [2.24, 2.45) is 5.10 Å². The lowest BCUT2D eigenvalue weighted by atomic mass is 10.1. The Morgan fingerprint density at radius 1 is 1.20 bits per heavy atom. The Kier molecular flexibility index (Phi) is 2.76. The molecule has 4 heteroatoms. The van der Waals surface area contributed by atoms with E-state index in [-0.39, 0.29) is 0 Å². The van der Waals surface area contributed by atoms with Gasteiger partial charge in [-0.25, -0.2) is 0 Å². The average molecular weight is 206 g/mol. The lowest BCUT2D eigenvalue weighted by Gasteiger charge is -2.08. The van der Waals surface area contributed by atoms with Crippen LogP contribution in [0.2, 0.25) is 0 Å². The van der Waals surface area contributed by atoms with Crippen LogP contribution in [0.25, 0.3) is 0 Å². The second-order valence-corrected chi connectivity index (χ2v) is 3.29. The van der Waals surface area contributed by atoms with Crippen LogP contribution in [-0.2, 0) is 0 Å². The van der Waals surface area contributed by atoms with Crippen molar-refractivity contribution in [3.63, 3.8) is 0 Å². The predicted octanol–water partition coefficient (Wildman–Crippen LogP) is 1.40. The highest BCUT2D eigenvalue weighted by atomic mass is 16.5. The van der Waals surface area contributed by atoms with Gasteiger partial charge < -0.3 is 14.9 Å². The number of hydrogen-bond acceptors (Lipinski definition) is 4. The summed E-state index contributed by atoms with van der Waals surface area (Å²) in [7, 11) is 3.27. The molecule has 0 unspecified atom stereocenters. The zero-order chi connectivity index (χ0) is 10.7. The summed E-state index contributed by atoms with van der Waals surface area (Å²) in [6.07, 6.45) is 0.954. The van der Waals surface area contributed by atoms with Crippen LogP contribution in [0.1, 0.15) is 12.0 Å². The molecule has 4 nitrogen and oxygen atoms in total. The predicted molar refractivity (Wildman–Crippen MR) is 58.7 cm³/mol. The monoisotopic (exact) mass is 206 g/mol. The van der Waals surface area contributed by atoms with E-state index in [4.69, 9.17) is 9.47 Å². The van der Waals surface area contributed by atoms with Gasteiger partial charge in [-0.1, -0.05) is 0 Å². The molecular formula is C11H14N2O2. The van der Waals surface area contributed by atoms with Gasteiger partial charge in [0.2, 0.25) is 0 Å². The molecule has 1 aromatic carbocycles. The van der Waals surface area contributed by atoms with Gasteiger partial charge in [-0.3, -0.25) is 0 Å². The largest absolute Gasteiger partial charge is 0.493 e. The molecule has 15 heavy (non-hydrogen) atoms. The van der Waals surface area contributed by atoms with Gasteiger partial charge in [0.15, 0.2) is 11.5 Å². The Morgan fingerprint density at radius 2 is 2.00 bits per heavy atom. The first-order valence-electron chi connectivity index (χ1n) is 4.87. The quantitative estimate of drug-likeness (QED) is 0.813. The van der Waals surface area contributed by atoms with Gasteiger partial charge >= 0.3 is 0 Å². The Hall–Kier alpha value is -1.71. The molecule has 0 aromatic heterocycles. The lowest BCUT2D eigenvalue weighted by molar-refractivity contribution is 0.355. The molecule has 0 atom stereocenters. The zero-order valence-corrected chi connectivity index (χ0v) is 8.91. The molecule has 0 aliphatic carbocycles. The summed E-state index contributed by atoms with van der Waals surface area (Å²) >= 11 is 0. The maximum Gasteiger partial charge on any atom is 0.161 e. The van der Waals surface area contributed by atoms with E-state index in [1.807, 2.05) is 18.2 Å². The molecule has 1 aliphatic rings. The molecule has 80 valence electrons. The topological polar surface area (TPSA) is 42.8 Å². The summed E-state index contributed by atoms with van der Waals surface area (Å²) in [6.45, 7) is 0.906. The number of ether oxygens (including phenoxy) is 2. The third-order valence-corrected chi connectivity index (χ3v) is 2.40. The van der Waals surface area contributed by atoms with Crippen molar-refractivity contribution < 1.29 is 9.47 Å². The Bertz CT molecular complexity index is 388. The van der Waals surface area contributed by atoms with E-state index in [0.29, 0.717) is 0 Å². The van der Waals surface area contributed by atoms with Gasteiger partial charge in [0.25, 0.3) is 0 Å². The van der Waals surface area contributed by atoms with Crippen LogP contribution in [0.15, 0.2) is 23.3 Å². The Morgan fingerprint density at radius 3 is 2.60 bits per heavy atom. The number of nitrogens with one attached hydrogen (secondary N) is 1. The molecule has 1 heterocycles. The van der Waals surface area contributed by atoms with Gasteiger partial charge in [0.1, 0.15) is 0 Å². The smallest absolute Gasteiger partial charge is 0.161 e. The zero-order valence-electron chi connectivity index (χ0n) is 8.91. The van der Waals surface area contributed by atoms with Crippen LogP contribution in [0.4, 0.5) is 0 Å². The van der Waals surface area contributed by atoms with E-state index in [2.05, 4.69) is 10.5 Å². The first-order chi connectivity index (χ1) is 7.35. The van der Waals surface area contributed by atoms with Crippen molar-refractivity contribution in [3.8, 4) is 11.5 Å². The molecule has 1 aliphatic heterocycles. The highest BCUT2D eigenvalue weighted by molar-refractivity contribution is 6.01. The molecule has 0 fully saturated rings. The van der Waals surface area contributed by atoms with Gasteiger partial charge in [-0.05, 0) is 18.2 Å². The third kappa shape index (κ3) is 1.88. The van der Waals surface area contributed by atoms with Crippen LogP contribution < -0.4 is 14.9 Å². The molecule has 2 rings (SSSR count). The maximum atomic E-state index is 5.24. The van der Waals surface area contributed by atoms with Gasteiger partial charge in [-0.15, -0.1) is 0 Å². The molecule has 0 bridgehead atoms. The standard InChI is InChI=1S/C11H14N2O2/c1-14-10-4-3-8(7-11(10)15-2)9-5-6-12-13-9/h3-4,7,12H,5-6H2,1-2H3. The normalized spacial score (nSPS) is 14.4. The molecule has 0 saturated heterocycles. The molecule has 0 radical (unpaired) electrons. The maximum absolute atomic E-state index is 5.24. The van der Waals surface area contributed by atoms with Gasteiger partial charge in [0, 0.05) is 18.5 Å². The van der Waals surface area contributed by atoms with Crippen LogP contribution >= 0.6 is 0 Å². The molecule has 0 saturated carbocycles. The summed E-state index contributed by atoms with van der Waals surface area (Å²) in [5.74, 6) is 1.48. The minimum Gasteiger partial charge on any atom is -0.493 e. The molecule has 0 amide bonds. The summed E-state index contributed by atoms with van der Waals surface area (Å²) < 4.78 is 10.4. The van der Waals surface area contributed by atoms with Gasteiger partial charge in [0.05, 0.1) is 19.9 Å². The second-order valence-electron chi connectivity index (χ2n) is 3.29. The van der Waals surface area contributed by atoms with Crippen molar-refractivity contribution in [1.29, 1.82) is 0 Å². The number of methoxy groups -OCH3 is 2. The van der Waals surface area contributed by atoms with Crippen molar-refractivity contribution in [2.75, 3.05) is 20.8 Å². The number of hydrogen-bond donors (Lipinski definition) is 1. The molecular weight excluding hydrogens is 192 g/mol. The van der Waals surface area contributed by atoms with Crippen molar-refractivity contribution in [2.45, 2.75) is 6.42 Å². The van der Waals surface area contributed by atoms with Crippen LogP contribution in [0.3, 0.4) is 0 Å². The lowest BCUT2D eigenvalue weighted by Crippen LogP contribution is -1.99. The van der Waals surface area contributed by atoms with Gasteiger partial charge in [-0.2, -0.15) is 5.10 Å². The van der Waals surface area contributed by atoms with Crippen molar-refractivity contribution in [3.05, 3.63) is 23.8 Å².